The Bertz CT molecular complexity index is 644. The van der Waals surface area contributed by atoms with E-state index >= 15 is 0 Å². The van der Waals surface area contributed by atoms with Gasteiger partial charge in [-0.05, 0) is 55.8 Å². The molecule has 152 valence electrons. The van der Waals surface area contributed by atoms with Gasteiger partial charge in [-0.15, -0.1) is 34.0 Å². The second-order valence-electron chi connectivity index (χ2n) is 6.18. The molecule has 0 radical (unpaired) electrons. The summed E-state index contributed by atoms with van der Waals surface area (Å²) >= 11 is 0. The summed E-state index contributed by atoms with van der Waals surface area (Å²) in [5.74, 6) is 0.530. The summed E-state index contributed by atoms with van der Waals surface area (Å²) in [5.41, 5.74) is 1.78. The zero-order valence-electron chi connectivity index (χ0n) is 15.7. The number of rotatable bonds is 10. The van der Waals surface area contributed by atoms with Gasteiger partial charge >= 0.3 is 0 Å². The van der Waals surface area contributed by atoms with Crippen LogP contribution < -0.4 is 15.4 Å². The van der Waals surface area contributed by atoms with Crippen LogP contribution >= 0.6 is 34.0 Å². The van der Waals surface area contributed by atoms with Crippen LogP contribution in [0.3, 0.4) is 0 Å². The number of aliphatic hydroxyl groups excluding tert-OH is 1. The molecule has 0 aromatic heterocycles. The molecule has 0 bridgehead atoms. The standard InChI is InChI=1S/C20H27FN2O2.2BrH/c1-15(23-14-20(24)17-4-3-5-18(21)13-17)12-16-6-8-19(9-7-16)25-11-10-22-2;;/h3-9,13,15,20,22-24H,10-12,14H2,1-2H3;2*1H. The van der Waals surface area contributed by atoms with E-state index < -0.39 is 6.10 Å². The van der Waals surface area contributed by atoms with E-state index in [0.29, 0.717) is 18.7 Å². The maximum atomic E-state index is 13.2. The van der Waals surface area contributed by atoms with E-state index in [9.17, 15) is 9.50 Å². The minimum atomic E-state index is -0.721. The van der Waals surface area contributed by atoms with Crippen molar-refractivity contribution < 1.29 is 14.2 Å². The van der Waals surface area contributed by atoms with Gasteiger partial charge in [0.25, 0.3) is 0 Å². The quantitative estimate of drug-likeness (QED) is 0.428. The molecule has 2 unspecified atom stereocenters. The molecule has 7 heteroatoms. The van der Waals surface area contributed by atoms with Crippen LogP contribution in [0, 0.1) is 5.82 Å². The van der Waals surface area contributed by atoms with Gasteiger partial charge < -0.3 is 20.5 Å². The smallest absolute Gasteiger partial charge is 0.123 e. The van der Waals surface area contributed by atoms with Crippen LogP contribution in [0.5, 0.6) is 5.75 Å². The van der Waals surface area contributed by atoms with Crippen LogP contribution in [0.2, 0.25) is 0 Å². The van der Waals surface area contributed by atoms with Crippen LogP contribution in [0.1, 0.15) is 24.2 Å². The number of hydrogen-bond donors (Lipinski definition) is 3. The third kappa shape index (κ3) is 9.67. The molecule has 27 heavy (non-hydrogen) atoms. The average molecular weight is 508 g/mol. The molecule has 2 aromatic rings. The highest BCUT2D eigenvalue weighted by molar-refractivity contribution is 8.93. The topological polar surface area (TPSA) is 53.5 Å². The molecular formula is C20H29Br2FN2O2. The van der Waals surface area contributed by atoms with Crippen molar-refractivity contribution in [3.05, 3.63) is 65.5 Å². The highest BCUT2D eigenvalue weighted by atomic mass is 79.9. The molecule has 2 atom stereocenters. The van der Waals surface area contributed by atoms with Crippen LogP contribution in [-0.2, 0) is 6.42 Å². The SMILES string of the molecule is Br.Br.CNCCOc1ccc(CC(C)NCC(O)c2cccc(F)c2)cc1. The maximum Gasteiger partial charge on any atom is 0.123 e. The lowest BCUT2D eigenvalue weighted by atomic mass is 10.1. The van der Waals surface area contributed by atoms with E-state index in [2.05, 4.69) is 29.7 Å². The van der Waals surface area contributed by atoms with Gasteiger partial charge in [-0.1, -0.05) is 24.3 Å². The minimum Gasteiger partial charge on any atom is -0.492 e. The molecule has 4 nitrogen and oxygen atoms in total. The predicted molar refractivity (Wildman–Crippen MR) is 119 cm³/mol. The monoisotopic (exact) mass is 506 g/mol. The third-order valence-corrected chi connectivity index (χ3v) is 3.98. The number of halogens is 3. The molecule has 0 fully saturated rings. The van der Waals surface area contributed by atoms with Gasteiger partial charge in [-0.2, -0.15) is 0 Å². The van der Waals surface area contributed by atoms with Crippen molar-refractivity contribution in [1.82, 2.24) is 10.6 Å². The average Bonchev–Trinajstić information content (AvgIpc) is 2.61. The highest BCUT2D eigenvalue weighted by Gasteiger charge is 2.10. The van der Waals surface area contributed by atoms with Gasteiger partial charge in [-0.3, -0.25) is 0 Å². The van der Waals surface area contributed by atoms with Gasteiger partial charge in [0.15, 0.2) is 0 Å². The van der Waals surface area contributed by atoms with E-state index in [4.69, 9.17) is 4.74 Å². The molecular weight excluding hydrogens is 479 g/mol. The van der Waals surface area contributed by atoms with E-state index in [1.54, 1.807) is 12.1 Å². The molecule has 0 amide bonds. The molecule has 0 aliphatic carbocycles. The first-order valence-electron chi connectivity index (χ1n) is 8.61. The zero-order chi connectivity index (χ0) is 18.1. The molecule has 3 N–H and O–H groups in total. The summed E-state index contributed by atoms with van der Waals surface area (Å²) in [4.78, 5) is 0. The van der Waals surface area contributed by atoms with Gasteiger partial charge in [-0.25, -0.2) is 4.39 Å². The summed E-state index contributed by atoms with van der Waals surface area (Å²) in [6, 6.07) is 14.3. The summed E-state index contributed by atoms with van der Waals surface area (Å²) in [6.45, 7) is 3.91. The highest BCUT2D eigenvalue weighted by Crippen LogP contribution is 2.15. The Labute approximate surface area is 182 Å². The first-order chi connectivity index (χ1) is 12.1. The second kappa shape index (κ2) is 14.1. The van der Waals surface area contributed by atoms with Crippen molar-refractivity contribution in [2.45, 2.75) is 25.5 Å². The number of benzene rings is 2. The third-order valence-electron chi connectivity index (χ3n) is 3.98. The normalized spacial score (nSPS) is 12.4. The lowest BCUT2D eigenvalue weighted by molar-refractivity contribution is 0.170. The first kappa shape index (κ1) is 26.0. The number of likely N-dealkylation sites (N-methyl/N-ethyl adjacent to an activating group) is 1. The molecule has 0 saturated carbocycles. The van der Waals surface area contributed by atoms with Crippen LogP contribution in [0.25, 0.3) is 0 Å². The largest absolute Gasteiger partial charge is 0.492 e. The van der Waals surface area contributed by atoms with Crippen molar-refractivity contribution in [3.8, 4) is 5.75 Å². The Balaban J connectivity index is 0.00000338. The molecule has 2 rings (SSSR count). The van der Waals surface area contributed by atoms with Crippen LogP contribution in [-0.4, -0.2) is 37.9 Å². The maximum absolute atomic E-state index is 13.2. The second-order valence-corrected chi connectivity index (χ2v) is 6.18. The first-order valence-corrected chi connectivity index (χ1v) is 8.61. The number of hydrogen-bond acceptors (Lipinski definition) is 4. The summed E-state index contributed by atoms with van der Waals surface area (Å²) in [6.07, 6.45) is 0.119. The van der Waals surface area contributed by atoms with E-state index in [1.807, 2.05) is 19.2 Å². The van der Waals surface area contributed by atoms with Crippen LogP contribution in [0.4, 0.5) is 4.39 Å². The fourth-order valence-corrected chi connectivity index (χ4v) is 2.56. The molecule has 0 saturated heterocycles. The number of aliphatic hydroxyl groups is 1. The molecule has 0 aliphatic heterocycles. The zero-order valence-corrected chi connectivity index (χ0v) is 19.1. The lowest BCUT2D eigenvalue weighted by Crippen LogP contribution is -2.32. The molecule has 0 spiro atoms. The number of nitrogens with one attached hydrogen (secondary N) is 2. The Kier molecular flexibility index (Phi) is 13.6. The van der Waals surface area contributed by atoms with Crippen molar-refractivity contribution in [3.63, 3.8) is 0 Å². The Morgan fingerprint density at radius 3 is 2.44 bits per heavy atom. The minimum absolute atomic E-state index is 0. The van der Waals surface area contributed by atoms with Gasteiger partial charge in [0.1, 0.15) is 18.2 Å². The van der Waals surface area contributed by atoms with E-state index in [1.165, 1.54) is 17.7 Å². The Morgan fingerprint density at radius 2 is 1.81 bits per heavy atom. The van der Waals surface area contributed by atoms with Crippen molar-refractivity contribution in [1.29, 1.82) is 0 Å². The molecule has 0 aliphatic rings. The van der Waals surface area contributed by atoms with Crippen molar-refractivity contribution in [2.24, 2.45) is 0 Å². The van der Waals surface area contributed by atoms with Gasteiger partial charge in [0, 0.05) is 19.1 Å². The molecule has 2 aromatic carbocycles. The van der Waals surface area contributed by atoms with E-state index in [-0.39, 0.29) is 45.8 Å². The fourth-order valence-electron chi connectivity index (χ4n) is 2.56. The van der Waals surface area contributed by atoms with Gasteiger partial charge in [0.2, 0.25) is 0 Å². The summed E-state index contributed by atoms with van der Waals surface area (Å²) in [7, 11) is 1.89. The number of ether oxygens (including phenoxy) is 1. The fraction of sp³-hybridized carbons (Fsp3) is 0.400. The predicted octanol–water partition coefficient (Wildman–Crippen LogP) is 3.83. The van der Waals surface area contributed by atoms with Crippen molar-refractivity contribution >= 4 is 34.0 Å². The van der Waals surface area contributed by atoms with Gasteiger partial charge in [0.05, 0.1) is 6.10 Å². The molecule has 0 heterocycles. The Morgan fingerprint density at radius 1 is 1.11 bits per heavy atom. The van der Waals surface area contributed by atoms with Crippen molar-refractivity contribution in [2.75, 3.05) is 26.7 Å². The summed E-state index contributed by atoms with van der Waals surface area (Å²) < 4.78 is 18.8. The van der Waals surface area contributed by atoms with Crippen LogP contribution in [0.15, 0.2) is 48.5 Å². The lowest BCUT2D eigenvalue weighted by Gasteiger charge is -2.18. The summed E-state index contributed by atoms with van der Waals surface area (Å²) in [5, 5.41) is 16.5. The van der Waals surface area contributed by atoms with E-state index in [0.717, 1.165) is 18.7 Å². The Hall–Kier alpha value is -0.990.